The maximum absolute atomic E-state index is 6.10. The Balaban J connectivity index is 2.33. The van der Waals surface area contributed by atoms with Crippen molar-refractivity contribution in [3.8, 4) is 11.3 Å². The summed E-state index contributed by atoms with van der Waals surface area (Å²) in [7, 11) is 0. The van der Waals surface area contributed by atoms with Crippen LogP contribution in [0.2, 0.25) is 0 Å². The minimum Gasteiger partial charge on any atom is -0.383 e. The number of hydrogen-bond acceptors (Lipinski definition) is 4. The molecule has 22 heavy (non-hydrogen) atoms. The van der Waals surface area contributed by atoms with E-state index in [9.17, 15) is 0 Å². The van der Waals surface area contributed by atoms with Crippen LogP contribution in [0.5, 0.6) is 0 Å². The Morgan fingerprint density at radius 3 is 2.50 bits per heavy atom. The molecule has 0 bridgehead atoms. The lowest BCUT2D eigenvalue weighted by Gasteiger charge is -2.21. The molecule has 1 aromatic carbocycles. The molecular weight excluding hydrogens is 276 g/mol. The number of aromatic nitrogens is 4. The van der Waals surface area contributed by atoms with Crippen molar-refractivity contribution in [2.45, 2.75) is 26.3 Å². The number of rotatable bonds is 3. The Hall–Kier alpha value is -2.47. The number of nitrogens with zero attached hydrogens (tertiary/aromatic N) is 4. The van der Waals surface area contributed by atoms with E-state index >= 15 is 0 Å². The van der Waals surface area contributed by atoms with Gasteiger partial charge in [-0.05, 0) is 20.8 Å². The molecule has 0 unspecified atom stereocenters. The smallest absolute Gasteiger partial charge is 0.164 e. The van der Waals surface area contributed by atoms with Gasteiger partial charge in [0, 0.05) is 5.56 Å². The highest BCUT2D eigenvalue weighted by atomic mass is 15.4. The average molecular weight is 297 g/mol. The van der Waals surface area contributed by atoms with Crippen molar-refractivity contribution < 1.29 is 5.73 Å². The highest BCUT2D eigenvalue weighted by molar-refractivity contribution is 5.98. The van der Waals surface area contributed by atoms with Crippen LogP contribution in [0, 0.1) is 6.92 Å². The van der Waals surface area contributed by atoms with E-state index in [0.717, 1.165) is 22.3 Å². The molecule has 0 saturated carbocycles. The molecule has 0 saturated heterocycles. The fourth-order valence-corrected chi connectivity index (χ4v) is 2.42. The first-order chi connectivity index (χ1) is 10.4. The topological polar surface area (TPSA) is 97.3 Å². The zero-order chi connectivity index (χ0) is 15.9. The van der Waals surface area contributed by atoms with Gasteiger partial charge < -0.3 is 11.5 Å². The lowest BCUT2D eigenvalue weighted by atomic mass is 10.1. The summed E-state index contributed by atoms with van der Waals surface area (Å²) in [5, 5.41) is 5.59. The molecule has 2 heterocycles. The van der Waals surface area contributed by atoms with Gasteiger partial charge in [-0.1, -0.05) is 29.8 Å². The molecule has 0 atom stereocenters. The normalized spacial score (nSPS) is 12.0. The number of nitrogen functional groups attached to an aromatic ring is 1. The summed E-state index contributed by atoms with van der Waals surface area (Å²) < 4.78 is 1.91. The van der Waals surface area contributed by atoms with Crippen molar-refractivity contribution in [3.63, 3.8) is 0 Å². The first kappa shape index (κ1) is 14.5. The molecule has 0 fully saturated rings. The predicted octanol–water partition coefficient (Wildman–Crippen LogP) is 1.36. The van der Waals surface area contributed by atoms with Gasteiger partial charge >= 0.3 is 0 Å². The predicted molar refractivity (Wildman–Crippen MR) is 87.0 cm³/mol. The Morgan fingerprint density at radius 2 is 1.86 bits per heavy atom. The van der Waals surface area contributed by atoms with Crippen LogP contribution in [-0.4, -0.2) is 26.3 Å². The first-order valence-electron chi connectivity index (χ1n) is 7.30. The van der Waals surface area contributed by atoms with Gasteiger partial charge in [-0.3, -0.25) is 0 Å². The zero-order valence-corrected chi connectivity index (χ0v) is 13.2. The fourth-order valence-electron chi connectivity index (χ4n) is 2.42. The number of nitrogens with two attached hydrogens (primary N) is 1. The van der Waals surface area contributed by atoms with E-state index in [0.29, 0.717) is 12.4 Å². The van der Waals surface area contributed by atoms with Gasteiger partial charge in [-0.25, -0.2) is 14.6 Å². The van der Waals surface area contributed by atoms with Crippen molar-refractivity contribution in [2.75, 3.05) is 12.3 Å². The second kappa shape index (κ2) is 5.06. The summed E-state index contributed by atoms with van der Waals surface area (Å²) in [4.78, 5) is 8.53. The molecule has 114 valence electrons. The van der Waals surface area contributed by atoms with Crippen LogP contribution < -0.4 is 11.5 Å². The maximum atomic E-state index is 6.10. The van der Waals surface area contributed by atoms with Crippen molar-refractivity contribution in [3.05, 3.63) is 36.2 Å². The molecule has 6 heteroatoms. The molecule has 3 rings (SSSR count). The lowest BCUT2D eigenvalue weighted by Crippen LogP contribution is -2.60. The highest BCUT2D eigenvalue weighted by Gasteiger charge is 2.27. The van der Waals surface area contributed by atoms with E-state index in [4.69, 9.17) is 10.8 Å². The lowest BCUT2D eigenvalue weighted by molar-refractivity contribution is -0.386. The number of aryl methyl sites for hydroxylation is 1. The minimum atomic E-state index is -0.248. The molecular formula is C16H21N6+. The molecule has 0 radical (unpaired) electrons. The molecule has 6 nitrogen and oxygen atoms in total. The molecule has 0 aliphatic rings. The van der Waals surface area contributed by atoms with Crippen LogP contribution in [0.3, 0.4) is 0 Å². The van der Waals surface area contributed by atoms with E-state index in [1.807, 2.05) is 16.8 Å². The number of hydrogen-bond donors (Lipinski definition) is 2. The van der Waals surface area contributed by atoms with E-state index in [2.05, 4.69) is 48.6 Å². The van der Waals surface area contributed by atoms with Gasteiger partial charge in [-0.2, -0.15) is 5.10 Å². The molecule has 3 aromatic rings. The summed E-state index contributed by atoms with van der Waals surface area (Å²) in [5.74, 6) is 0.451. The highest BCUT2D eigenvalue weighted by Crippen LogP contribution is 2.32. The SMILES string of the molecule is Cc1ccc(-c2nn(C(C)(C)C[NH3+])c3ncnc(N)c23)cc1. The van der Waals surface area contributed by atoms with Gasteiger partial charge in [-0.15, -0.1) is 0 Å². The fraction of sp³-hybridized carbons (Fsp3) is 0.312. The third kappa shape index (κ3) is 2.21. The van der Waals surface area contributed by atoms with Crippen LogP contribution >= 0.6 is 0 Å². The second-order valence-corrected chi connectivity index (χ2v) is 6.15. The van der Waals surface area contributed by atoms with Crippen molar-refractivity contribution in [2.24, 2.45) is 0 Å². The summed E-state index contributed by atoms with van der Waals surface area (Å²) in [6, 6.07) is 8.22. The Morgan fingerprint density at radius 1 is 1.18 bits per heavy atom. The Kier molecular flexibility index (Phi) is 3.33. The van der Waals surface area contributed by atoms with Gasteiger partial charge in [0.25, 0.3) is 0 Å². The Bertz CT molecular complexity index is 817. The number of anilines is 1. The van der Waals surface area contributed by atoms with Crippen LogP contribution in [0.1, 0.15) is 19.4 Å². The first-order valence-corrected chi connectivity index (χ1v) is 7.30. The largest absolute Gasteiger partial charge is 0.383 e. The summed E-state index contributed by atoms with van der Waals surface area (Å²) in [6.45, 7) is 6.93. The zero-order valence-electron chi connectivity index (χ0n) is 13.2. The van der Waals surface area contributed by atoms with E-state index in [1.165, 1.54) is 11.9 Å². The van der Waals surface area contributed by atoms with Crippen LogP contribution in [0.4, 0.5) is 5.82 Å². The second-order valence-electron chi connectivity index (χ2n) is 6.15. The molecule has 2 aromatic heterocycles. The van der Waals surface area contributed by atoms with E-state index in [-0.39, 0.29) is 5.54 Å². The van der Waals surface area contributed by atoms with Gasteiger partial charge in [0.15, 0.2) is 5.65 Å². The number of quaternary nitrogens is 1. The Labute approximate surface area is 129 Å². The van der Waals surface area contributed by atoms with Crippen LogP contribution in [-0.2, 0) is 5.54 Å². The van der Waals surface area contributed by atoms with Crippen LogP contribution in [0.15, 0.2) is 30.6 Å². The van der Waals surface area contributed by atoms with Crippen molar-refractivity contribution in [1.82, 2.24) is 19.7 Å². The number of benzene rings is 1. The summed E-state index contributed by atoms with van der Waals surface area (Å²) in [6.07, 6.45) is 1.48. The van der Waals surface area contributed by atoms with Crippen molar-refractivity contribution >= 4 is 16.9 Å². The third-order valence-electron chi connectivity index (χ3n) is 4.00. The van der Waals surface area contributed by atoms with Gasteiger partial charge in [0.05, 0.1) is 11.9 Å². The standard InChI is InChI=1S/C16H20N6/c1-10-4-6-11(7-5-10)13-12-14(18)19-9-20-15(12)22(21-13)16(2,3)8-17/h4-7,9H,8,17H2,1-3H3,(H2,18,19,20)/p+1. The molecule has 0 spiro atoms. The molecule has 5 N–H and O–H groups in total. The van der Waals surface area contributed by atoms with E-state index < -0.39 is 0 Å². The third-order valence-corrected chi connectivity index (χ3v) is 4.00. The monoisotopic (exact) mass is 297 g/mol. The summed E-state index contributed by atoms with van der Waals surface area (Å²) in [5.41, 5.74) is 13.7. The van der Waals surface area contributed by atoms with Gasteiger partial charge in [0.1, 0.15) is 23.4 Å². The van der Waals surface area contributed by atoms with Gasteiger partial charge in [0.2, 0.25) is 0 Å². The maximum Gasteiger partial charge on any atom is 0.164 e. The van der Waals surface area contributed by atoms with Crippen LogP contribution in [0.25, 0.3) is 22.3 Å². The quantitative estimate of drug-likeness (QED) is 0.762. The molecule has 0 aliphatic heterocycles. The van der Waals surface area contributed by atoms with Crippen molar-refractivity contribution in [1.29, 1.82) is 0 Å². The van der Waals surface area contributed by atoms with E-state index in [1.54, 1.807) is 0 Å². The molecule has 0 amide bonds. The average Bonchev–Trinajstić information content (AvgIpc) is 2.90. The summed E-state index contributed by atoms with van der Waals surface area (Å²) >= 11 is 0. The number of fused-ring (bicyclic) bond motifs is 1. The molecule has 0 aliphatic carbocycles. The minimum absolute atomic E-state index is 0.248.